The highest BCUT2D eigenvalue weighted by Crippen LogP contribution is 2.34. The van der Waals surface area contributed by atoms with Gasteiger partial charge in [-0.1, -0.05) is 12.1 Å². The van der Waals surface area contributed by atoms with E-state index in [0.717, 1.165) is 0 Å². The fraction of sp³-hybridized carbons (Fsp3) is 0.375. The number of hydrogen-bond acceptors (Lipinski definition) is 4. The fourth-order valence-electron chi connectivity index (χ4n) is 2.86. The second kappa shape index (κ2) is 6.27. The Balaban J connectivity index is 2.03. The van der Waals surface area contributed by atoms with Crippen LogP contribution in [0.4, 0.5) is 11.4 Å². The van der Waals surface area contributed by atoms with E-state index in [9.17, 15) is 13.2 Å². The fourth-order valence-corrected chi connectivity index (χ4v) is 3.83. The number of amides is 1. The number of para-hydroxylation sites is 2. The van der Waals surface area contributed by atoms with E-state index < -0.39 is 10.0 Å². The molecule has 0 radical (unpaired) electrons. The van der Waals surface area contributed by atoms with Gasteiger partial charge < -0.3 is 4.90 Å². The van der Waals surface area contributed by atoms with Crippen molar-refractivity contribution in [1.82, 2.24) is 9.78 Å². The van der Waals surface area contributed by atoms with Crippen LogP contribution >= 0.6 is 0 Å². The van der Waals surface area contributed by atoms with Crippen LogP contribution in [-0.4, -0.2) is 43.5 Å². The number of nitrogens with zero attached hydrogens (tertiary/aromatic N) is 4. The van der Waals surface area contributed by atoms with Crippen LogP contribution < -0.4 is 9.21 Å². The molecule has 0 fully saturated rings. The molecule has 2 heterocycles. The Morgan fingerprint density at radius 2 is 1.88 bits per heavy atom. The first kappa shape index (κ1) is 16.5. The Bertz CT molecular complexity index is 860. The summed E-state index contributed by atoms with van der Waals surface area (Å²) in [6.07, 6.45) is 3.51. The number of anilines is 2. The second-order valence-corrected chi connectivity index (χ2v) is 7.60. The third-order valence-corrected chi connectivity index (χ3v) is 5.19. The van der Waals surface area contributed by atoms with Crippen LogP contribution in [0.5, 0.6) is 0 Å². The Morgan fingerprint density at radius 1 is 1.17 bits per heavy atom. The normalized spacial score (nSPS) is 15.1. The highest BCUT2D eigenvalue weighted by atomic mass is 32.2. The molecule has 1 aliphatic rings. The average Bonchev–Trinajstić information content (AvgIpc) is 2.94. The summed E-state index contributed by atoms with van der Waals surface area (Å²) in [5.74, 6) is -0.218. The van der Waals surface area contributed by atoms with E-state index in [0.29, 0.717) is 43.1 Å². The maximum absolute atomic E-state index is 12.9. The lowest BCUT2D eigenvalue weighted by Gasteiger charge is -2.24. The van der Waals surface area contributed by atoms with Gasteiger partial charge in [0.2, 0.25) is 10.0 Å². The minimum atomic E-state index is -3.40. The Labute approximate surface area is 141 Å². The van der Waals surface area contributed by atoms with Gasteiger partial charge in [0.25, 0.3) is 5.91 Å². The molecule has 24 heavy (non-hydrogen) atoms. The topological polar surface area (TPSA) is 75.5 Å². The van der Waals surface area contributed by atoms with E-state index in [1.165, 1.54) is 10.6 Å². The SMILES string of the molecule is CCn1ccc(C(=O)N2CCCN(S(C)(=O)=O)c3ccccc32)n1. The van der Waals surface area contributed by atoms with Crippen molar-refractivity contribution in [2.75, 3.05) is 28.6 Å². The van der Waals surface area contributed by atoms with E-state index in [-0.39, 0.29) is 5.91 Å². The van der Waals surface area contributed by atoms with Crippen LogP contribution in [0, 0.1) is 0 Å². The van der Waals surface area contributed by atoms with Crippen molar-refractivity contribution >= 4 is 27.3 Å². The van der Waals surface area contributed by atoms with Crippen LogP contribution in [0.3, 0.4) is 0 Å². The van der Waals surface area contributed by atoms with Crippen molar-refractivity contribution in [3.8, 4) is 0 Å². The molecule has 0 aliphatic carbocycles. The number of carbonyl (C=O) groups is 1. The summed E-state index contributed by atoms with van der Waals surface area (Å²) in [5.41, 5.74) is 1.48. The van der Waals surface area contributed by atoms with Crippen LogP contribution in [0.15, 0.2) is 36.5 Å². The van der Waals surface area contributed by atoms with Crippen LogP contribution in [0.1, 0.15) is 23.8 Å². The minimum absolute atomic E-state index is 0.218. The molecule has 8 heteroatoms. The molecule has 0 atom stereocenters. The second-order valence-electron chi connectivity index (χ2n) is 5.69. The van der Waals surface area contributed by atoms with Gasteiger partial charge in [-0.15, -0.1) is 0 Å². The minimum Gasteiger partial charge on any atom is -0.305 e. The van der Waals surface area contributed by atoms with Gasteiger partial charge in [-0.3, -0.25) is 13.8 Å². The molecule has 3 rings (SSSR count). The van der Waals surface area contributed by atoms with Gasteiger partial charge in [0.15, 0.2) is 5.69 Å². The van der Waals surface area contributed by atoms with Crippen LogP contribution in [0.25, 0.3) is 0 Å². The summed E-state index contributed by atoms with van der Waals surface area (Å²) >= 11 is 0. The molecule has 7 nitrogen and oxygen atoms in total. The van der Waals surface area contributed by atoms with Crippen molar-refractivity contribution in [2.45, 2.75) is 19.9 Å². The Kier molecular flexibility index (Phi) is 4.31. The molecule has 0 unspecified atom stereocenters. The highest BCUT2D eigenvalue weighted by Gasteiger charge is 2.29. The lowest BCUT2D eigenvalue weighted by Crippen LogP contribution is -2.32. The van der Waals surface area contributed by atoms with Gasteiger partial charge >= 0.3 is 0 Å². The van der Waals surface area contributed by atoms with Crippen LogP contribution in [-0.2, 0) is 16.6 Å². The molecule has 2 aromatic rings. The summed E-state index contributed by atoms with van der Waals surface area (Å²) in [4.78, 5) is 14.5. The van der Waals surface area contributed by atoms with Crippen LogP contribution in [0.2, 0.25) is 0 Å². The van der Waals surface area contributed by atoms with E-state index in [1.807, 2.05) is 6.92 Å². The standard InChI is InChI=1S/C16H20N4O3S/c1-3-18-12-9-13(17-18)16(21)19-10-6-11-20(24(2,22)23)15-8-5-4-7-14(15)19/h4-5,7-9,12H,3,6,10-11H2,1-2H3. The predicted octanol–water partition coefficient (Wildman–Crippen LogP) is 1.72. The number of fused-ring (bicyclic) bond motifs is 1. The smallest absolute Gasteiger partial charge is 0.278 e. The van der Waals surface area contributed by atoms with Crippen molar-refractivity contribution in [2.24, 2.45) is 0 Å². The molecule has 1 aromatic heterocycles. The molecule has 128 valence electrons. The average molecular weight is 348 g/mol. The number of sulfonamides is 1. The molecule has 0 N–H and O–H groups in total. The first-order valence-corrected chi connectivity index (χ1v) is 9.68. The van der Waals surface area contributed by atoms with E-state index in [4.69, 9.17) is 0 Å². The molecule has 1 amide bonds. The lowest BCUT2D eigenvalue weighted by atomic mass is 10.2. The van der Waals surface area contributed by atoms with E-state index in [2.05, 4.69) is 5.10 Å². The van der Waals surface area contributed by atoms with Crippen molar-refractivity contribution in [1.29, 1.82) is 0 Å². The largest absolute Gasteiger partial charge is 0.305 e. The summed E-state index contributed by atoms with van der Waals surface area (Å²) < 4.78 is 27.3. The quantitative estimate of drug-likeness (QED) is 0.846. The number of rotatable bonds is 3. The Hall–Kier alpha value is -2.35. The lowest BCUT2D eigenvalue weighted by molar-refractivity contribution is 0.0981. The molecular formula is C16H20N4O3S. The number of benzene rings is 1. The van der Waals surface area contributed by atoms with Gasteiger partial charge in [-0.25, -0.2) is 8.42 Å². The maximum atomic E-state index is 12.9. The molecule has 0 saturated carbocycles. The predicted molar refractivity (Wildman–Crippen MR) is 92.8 cm³/mol. The van der Waals surface area contributed by atoms with Crippen molar-refractivity contribution in [3.05, 3.63) is 42.2 Å². The van der Waals surface area contributed by atoms with Crippen molar-refractivity contribution < 1.29 is 13.2 Å². The van der Waals surface area contributed by atoms with Gasteiger partial charge in [-0.05, 0) is 31.5 Å². The zero-order chi connectivity index (χ0) is 17.3. The molecule has 0 spiro atoms. The third kappa shape index (κ3) is 3.01. The molecule has 1 aromatic carbocycles. The van der Waals surface area contributed by atoms with Crippen molar-refractivity contribution in [3.63, 3.8) is 0 Å². The van der Waals surface area contributed by atoms with Gasteiger partial charge in [0, 0.05) is 25.8 Å². The third-order valence-electron chi connectivity index (χ3n) is 4.01. The number of aromatic nitrogens is 2. The summed E-state index contributed by atoms with van der Waals surface area (Å²) in [5, 5.41) is 4.27. The summed E-state index contributed by atoms with van der Waals surface area (Å²) in [6.45, 7) is 3.43. The number of aryl methyl sites for hydroxylation is 1. The Morgan fingerprint density at radius 3 is 2.50 bits per heavy atom. The number of hydrogen-bond donors (Lipinski definition) is 0. The molecule has 0 saturated heterocycles. The zero-order valence-corrected chi connectivity index (χ0v) is 14.5. The van der Waals surface area contributed by atoms with E-state index in [1.54, 1.807) is 46.1 Å². The highest BCUT2D eigenvalue weighted by molar-refractivity contribution is 7.92. The summed E-state index contributed by atoms with van der Waals surface area (Å²) in [7, 11) is -3.40. The van der Waals surface area contributed by atoms with Gasteiger partial charge in [0.1, 0.15) is 0 Å². The zero-order valence-electron chi connectivity index (χ0n) is 13.7. The first-order chi connectivity index (χ1) is 11.4. The van der Waals surface area contributed by atoms with E-state index >= 15 is 0 Å². The molecular weight excluding hydrogens is 328 g/mol. The summed E-state index contributed by atoms with van der Waals surface area (Å²) in [6, 6.07) is 8.76. The number of carbonyl (C=O) groups excluding carboxylic acids is 1. The van der Waals surface area contributed by atoms with Gasteiger partial charge in [-0.2, -0.15) is 5.10 Å². The molecule has 1 aliphatic heterocycles. The molecule has 0 bridgehead atoms. The maximum Gasteiger partial charge on any atom is 0.278 e. The first-order valence-electron chi connectivity index (χ1n) is 7.84. The monoisotopic (exact) mass is 348 g/mol. The van der Waals surface area contributed by atoms with Gasteiger partial charge in [0.05, 0.1) is 17.6 Å².